The Balaban J connectivity index is 1.32. The summed E-state index contributed by atoms with van der Waals surface area (Å²) in [6.45, 7) is 10.4. The molecule has 1 aliphatic heterocycles. The number of morpholine rings is 1. The molecule has 0 saturated carbocycles. The maximum Gasteiger partial charge on any atom is 0.326 e. The fraction of sp³-hybridized carbons (Fsp3) is 0.375. The van der Waals surface area contributed by atoms with Gasteiger partial charge in [-0.15, -0.1) is 0 Å². The summed E-state index contributed by atoms with van der Waals surface area (Å²) in [5, 5.41) is 31.9. The lowest BCUT2D eigenvalue weighted by Gasteiger charge is -2.26. The third-order valence-electron chi connectivity index (χ3n) is 9.27. The van der Waals surface area contributed by atoms with E-state index in [0.29, 0.717) is 39.8 Å². The van der Waals surface area contributed by atoms with Gasteiger partial charge in [-0.25, -0.2) is 0 Å². The van der Waals surface area contributed by atoms with Gasteiger partial charge in [0.15, 0.2) is 0 Å². The zero-order valence-electron chi connectivity index (χ0n) is 29.8. The number of halogens is 1. The molecule has 0 amide bonds. The first-order chi connectivity index (χ1) is 25.1. The Bertz CT molecular complexity index is 1890. The van der Waals surface area contributed by atoms with E-state index in [1.807, 2.05) is 24.3 Å². The maximum absolute atomic E-state index is 11.8. The summed E-state index contributed by atoms with van der Waals surface area (Å²) in [7, 11) is 0. The first kappa shape index (κ1) is 38.5. The molecule has 2 heterocycles. The highest BCUT2D eigenvalue weighted by Gasteiger charge is 2.32. The number of hydrogen-bond donors (Lipinski definition) is 3. The van der Waals surface area contributed by atoms with Crippen molar-refractivity contribution in [3.63, 3.8) is 0 Å². The Morgan fingerprint density at radius 2 is 1.71 bits per heavy atom. The van der Waals surface area contributed by atoms with E-state index in [9.17, 15) is 20.3 Å². The topological polar surface area (TPSA) is 146 Å². The lowest BCUT2D eigenvalue weighted by Crippen LogP contribution is -2.52. The molecule has 0 spiro atoms. The van der Waals surface area contributed by atoms with Gasteiger partial charge in [-0.05, 0) is 73.2 Å². The quantitative estimate of drug-likeness (QED) is 0.109. The van der Waals surface area contributed by atoms with Gasteiger partial charge in [0, 0.05) is 55.8 Å². The largest absolute Gasteiger partial charge is 0.493 e. The zero-order valence-corrected chi connectivity index (χ0v) is 30.5. The Labute approximate surface area is 309 Å². The van der Waals surface area contributed by atoms with Crippen LogP contribution in [0.2, 0.25) is 5.02 Å². The maximum atomic E-state index is 11.8. The molecular weight excluding hydrogens is 684 g/mol. The minimum absolute atomic E-state index is 0.0341. The van der Waals surface area contributed by atoms with E-state index in [0.717, 1.165) is 72.8 Å². The Morgan fingerprint density at radius 1 is 0.981 bits per heavy atom. The minimum Gasteiger partial charge on any atom is -0.493 e. The molecule has 0 bridgehead atoms. The van der Waals surface area contributed by atoms with Gasteiger partial charge >= 0.3 is 5.97 Å². The van der Waals surface area contributed by atoms with Crippen molar-refractivity contribution in [2.45, 2.75) is 52.5 Å². The van der Waals surface area contributed by atoms with E-state index in [2.05, 4.69) is 47.3 Å². The third kappa shape index (κ3) is 9.79. The third-order valence-corrected chi connectivity index (χ3v) is 9.57. The fourth-order valence-electron chi connectivity index (χ4n) is 5.88. The van der Waals surface area contributed by atoms with Gasteiger partial charge in [-0.1, -0.05) is 41.9 Å². The molecule has 1 atom stereocenters. The second-order valence-electron chi connectivity index (χ2n) is 13.0. The van der Waals surface area contributed by atoms with Crippen LogP contribution in [-0.2, 0) is 29.3 Å². The lowest BCUT2D eigenvalue weighted by molar-refractivity contribution is -0.145. The number of benzene rings is 3. The second kappa shape index (κ2) is 18.2. The highest BCUT2D eigenvalue weighted by atomic mass is 35.5. The van der Waals surface area contributed by atoms with Crippen LogP contribution < -0.4 is 19.5 Å². The zero-order chi connectivity index (χ0) is 37.1. The van der Waals surface area contributed by atoms with Gasteiger partial charge in [0.2, 0.25) is 0 Å². The number of carbonyl (C=O) groups is 1. The number of pyridine rings is 1. The number of carboxylic acids is 1. The number of nitrogens with one attached hydrogen (secondary N) is 1. The van der Waals surface area contributed by atoms with E-state index >= 15 is 0 Å². The molecule has 1 aliphatic rings. The normalized spacial score (nSPS) is 14.3. The number of ether oxygens (including phenoxy) is 4. The molecule has 1 aromatic heterocycles. The van der Waals surface area contributed by atoms with Crippen LogP contribution in [0.25, 0.3) is 11.1 Å². The predicted molar refractivity (Wildman–Crippen MR) is 198 cm³/mol. The summed E-state index contributed by atoms with van der Waals surface area (Å²) in [4.78, 5) is 18.3. The van der Waals surface area contributed by atoms with Crippen LogP contribution >= 0.6 is 11.6 Å². The van der Waals surface area contributed by atoms with Crippen LogP contribution in [0.3, 0.4) is 0 Å². The highest BCUT2D eigenvalue weighted by Crippen LogP contribution is 2.36. The van der Waals surface area contributed by atoms with Crippen molar-refractivity contribution in [1.82, 2.24) is 15.2 Å². The van der Waals surface area contributed by atoms with Crippen LogP contribution in [0.4, 0.5) is 0 Å². The number of nitriles is 1. The summed E-state index contributed by atoms with van der Waals surface area (Å²) in [5.74, 6) is 0.436. The molecule has 0 unspecified atom stereocenters. The Kier molecular flexibility index (Phi) is 13.5. The van der Waals surface area contributed by atoms with Crippen molar-refractivity contribution in [2.24, 2.45) is 0 Å². The number of aliphatic hydroxyl groups excluding tert-OH is 1. The van der Waals surface area contributed by atoms with Gasteiger partial charge in [0.25, 0.3) is 0 Å². The summed E-state index contributed by atoms with van der Waals surface area (Å²) in [6.07, 6.45) is 4.01. The molecule has 1 fully saturated rings. The van der Waals surface area contributed by atoms with Crippen LogP contribution in [0.15, 0.2) is 67.0 Å². The molecule has 5 rings (SSSR count). The van der Waals surface area contributed by atoms with E-state index in [1.54, 1.807) is 24.4 Å². The molecule has 1 saturated heterocycles. The van der Waals surface area contributed by atoms with Gasteiger partial charge in [-0.2, -0.15) is 5.26 Å². The van der Waals surface area contributed by atoms with Crippen molar-refractivity contribution < 1.29 is 34.0 Å². The van der Waals surface area contributed by atoms with Gasteiger partial charge in [0.05, 0.1) is 37.0 Å². The average molecular weight is 729 g/mol. The van der Waals surface area contributed by atoms with Crippen molar-refractivity contribution in [2.75, 3.05) is 46.1 Å². The van der Waals surface area contributed by atoms with E-state index in [1.165, 1.54) is 13.1 Å². The summed E-state index contributed by atoms with van der Waals surface area (Å²) in [5.41, 5.74) is 5.30. The number of hydrogen-bond acceptors (Lipinski definition) is 10. The molecule has 52 heavy (non-hydrogen) atoms. The molecule has 0 radical (unpaired) electrons. The van der Waals surface area contributed by atoms with Crippen LogP contribution in [-0.4, -0.2) is 77.7 Å². The van der Waals surface area contributed by atoms with Gasteiger partial charge in [0.1, 0.15) is 42.1 Å². The summed E-state index contributed by atoms with van der Waals surface area (Å²) < 4.78 is 24.1. The molecule has 11 nitrogen and oxygen atoms in total. The van der Waals surface area contributed by atoms with E-state index in [4.69, 9.17) is 30.5 Å². The van der Waals surface area contributed by atoms with Crippen molar-refractivity contribution in [3.8, 4) is 34.4 Å². The fourth-order valence-corrected chi connectivity index (χ4v) is 6.12. The molecule has 12 heteroatoms. The number of aliphatic hydroxyl groups is 1. The van der Waals surface area contributed by atoms with Crippen LogP contribution in [0.5, 0.6) is 17.2 Å². The van der Waals surface area contributed by atoms with E-state index < -0.39 is 18.1 Å². The Hall–Kier alpha value is -4.70. The first-order valence-corrected chi connectivity index (χ1v) is 17.6. The van der Waals surface area contributed by atoms with Crippen LogP contribution in [0.1, 0.15) is 46.7 Å². The summed E-state index contributed by atoms with van der Waals surface area (Å²) >= 11 is 6.73. The average Bonchev–Trinajstić information content (AvgIpc) is 3.16. The van der Waals surface area contributed by atoms with Crippen molar-refractivity contribution >= 4 is 17.6 Å². The van der Waals surface area contributed by atoms with Gasteiger partial charge in [-0.3, -0.25) is 20.0 Å². The number of aliphatic carboxylic acids is 1. The molecule has 3 aromatic carbocycles. The van der Waals surface area contributed by atoms with E-state index in [-0.39, 0.29) is 19.8 Å². The molecule has 3 N–H and O–H groups in total. The monoisotopic (exact) mass is 728 g/mol. The Morgan fingerprint density at radius 3 is 2.44 bits per heavy atom. The first-order valence-electron chi connectivity index (χ1n) is 17.2. The second-order valence-corrected chi connectivity index (χ2v) is 13.4. The molecule has 0 aliphatic carbocycles. The number of nitrogens with zero attached hydrogens (tertiary/aromatic N) is 3. The molecule has 274 valence electrons. The van der Waals surface area contributed by atoms with Crippen LogP contribution in [0, 0.1) is 25.2 Å². The number of aromatic nitrogens is 1. The smallest absolute Gasteiger partial charge is 0.326 e. The summed E-state index contributed by atoms with van der Waals surface area (Å²) in [6, 6.07) is 19.3. The van der Waals surface area contributed by atoms with Gasteiger partial charge < -0.3 is 29.2 Å². The SMILES string of the molecule is Cc1c(COc2cc(OCc3cncc(C#N)c3)c(CN[C@@](C)(CO)C(=O)O)cc2Cl)cccc1-c1cccc(OCCCN2CCOCC2)c1C. The molecule has 4 aromatic rings. The highest BCUT2D eigenvalue weighted by molar-refractivity contribution is 6.32. The lowest BCUT2D eigenvalue weighted by atomic mass is 9.93. The number of rotatable bonds is 17. The predicted octanol–water partition coefficient (Wildman–Crippen LogP) is 6.07. The van der Waals surface area contributed by atoms with Crippen molar-refractivity contribution in [1.29, 1.82) is 5.26 Å². The van der Waals surface area contributed by atoms with Crippen molar-refractivity contribution in [3.05, 3.63) is 105 Å². The molecular formula is C40H45ClN4O7. The number of carboxylic acid groups (broad SMARTS) is 1. The standard InChI is InChI=1S/C40H45ClN4O7/c1-27-31(7-4-8-33(27)34-9-5-10-36(28(34)2)50-14-6-11-45-12-15-49-16-13-45)25-52-38-19-37(51-24-30-17-29(20-42)21-43-22-30)32(18-35(38)41)23-44-40(3,26-46)39(47)48/h4-5,7-10,17-19,21-22,44,46H,6,11-16,23-26H2,1-3H3,(H,47,48)/t40-/m0/s1. The minimum atomic E-state index is -1.58.